The number of carbonyl (C=O) groups excluding carboxylic acids is 1. The van der Waals surface area contributed by atoms with Crippen LogP contribution in [0.1, 0.15) is 38.2 Å². The summed E-state index contributed by atoms with van der Waals surface area (Å²) >= 11 is 0. The van der Waals surface area contributed by atoms with Crippen molar-refractivity contribution in [2.24, 2.45) is 7.05 Å². The predicted molar refractivity (Wildman–Crippen MR) is 76.1 cm³/mol. The molecule has 0 radical (unpaired) electrons. The van der Waals surface area contributed by atoms with Crippen molar-refractivity contribution >= 4 is 11.7 Å². The maximum absolute atomic E-state index is 12.5. The third-order valence-electron chi connectivity index (χ3n) is 3.79. The number of amides is 1. The van der Waals surface area contributed by atoms with Crippen LogP contribution in [0.4, 0.5) is 5.82 Å². The molecule has 0 saturated carbocycles. The summed E-state index contributed by atoms with van der Waals surface area (Å²) in [6, 6.07) is 0.0167. The molecular formula is C14H24N4O. The molecule has 19 heavy (non-hydrogen) atoms. The van der Waals surface area contributed by atoms with Gasteiger partial charge in [0.2, 0.25) is 5.91 Å². The molecule has 0 bridgehead atoms. The molecule has 1 aromatic heterocycles. The van der Waals surface area contributed by atoms with Gasteiger partial charge in [-0.3, -0.25) is 14.4 Å². The van der Waals surface area contributed by atoms with Gasteiger partial charge in [-0.2, -0.15) is 5.10 Å². The quantitative estimate of drug-likeness (QED) is 0.904. The number of aryl methyl sites for hydroxylation is 2. The molecule has 2 rings (SSSR count). The fourth-order valence-corrected chi connectivity index (χ4v) is 2.77. The van der Waals surface area contributed by atoms with E-state index in [2.05, 4.69) is 22.2 Å². The van der Waals surface area contributed by atoms with Gasteiger partial charge in [0, 0.05) is 12.6 Å². The molecule has 1 aromatic rings. The zero-order valence-corrected chi connectivity index (χ0v) is 12.1. The summed E-state index contributed by atoms with van der Waals surface area (Å²) in [7, 11) is 1.85. The number of carbonyl (C=O) groups is 1. The minimum Gasteiger partial charge on any atom is -0.309 e. The normalized spacial score (nSPS) is 20.5. The smallest absolute Gasteiger partial charge is 0.242 e. The summed E-state index contributed by atoms with van der Waals surface area (Å²) in [5.41, 5.74) is 1.01. The molecule has 1 aliphatic heterocycles. The highest BCUT2D eigenvalue weighted by Gasteiger charge is 2.28. The van der Waals surface area contributed by atoms with Gasteiger partial charge in [-0.05, 0) is 39.3 Å². The predicted octanol–water partition coefficient (Wildman–Crippen LogP) is 1.93. The van der Waals surface area contributed by atoms with E-state index in [0.717, 1.165) is 43.7 Å². The summed E-state index contributed by atoms with van der Waals surface area (Å²) in [4.78, 5) is 14.8. The molecule has 1 atom stereocenters. The van der Waals surface area contributed by atoms with Gasteiger partial charge in [0.1, 0.15) is 5.82 Å². The van der Waals surface area contributed by atoms with Crippen molar-refractivity contribution in [2.45, 2.75) is 45.6 Å². The van der Waals surface area contributed by atoms with Crippen LogP contribution < -0.4 is 5.32 Å². The molecule has 1 N–H and O–H groups in total. The van der Waals surface area contributed by atoms with Gasteiger partial charge in [0.15, 0.2) is 0 Å². The Balaban J connectivity index is 2.05. The zero-order chi connectivity index (χ0) is 13.8. The minimum absolute atomic E-state index is 0.0167. The third kappa shape index (κ3) is 3.15. The van der Waals surface area contributed by atoms with Crippen LogP contribution in [0.15, 0.2) is 6.20 Å². The van der Waals surface area contributed by atoms with E-state index in [-0.39, 0.29) is 11.9 Å². The SMILES string of the molecule is CCCN1CCCC[C@H]1C(=O)Nc1c(C)cnn1C. The van der Waals surface area contributed by atoms with Crippen molar-refractivity contribution < 1.29 is 4.79 Å². The summed E-state index contributed by atoms with van der Waals surface area (Å²) in [5.74, 6) is 0.923. The Morgan fingerprint density at radius 3 is 2.95 bits per heavy atom. The summed E-state index contributed by atoms with van der Waals surface area (Å²) in [5, 5.41) is 7.19. The van der Waals surface area contributed by atoms with Gasteiger partial charge in [-0.15, -0.1) is 0 Å². The number of likely N-dealkylation sites (tertiary alicyclic amines) is 1. The maximum Gasteiger partial charge on any atom is 0.242 e. The van der Waals surface area contributed by atoms with Gasteiger partial charge in [-0.25, -0.2) is 0 Å². The Morgan fingerprint density at radius 1 is 1.53 bits per heavy atom. The minimum atomic E-state index is 0.0167. The average molecular weight is 264 g/mol. The molecule has 1 aliphatic rings. The molecule has 0 spiro atoms. The van der Waals surface area contributed by atoms with E-state index in [1.54, 1.807) is 10.9 Å². The second-order valence-corrected chi connectivity index (χ2v) is 5.34. The number of piperidine rings is 1. The van der Waals surface area contributed by atoms with Gasteiger partial charge in [0.05, 0.1) is 12.2 Å². The van der Waals surface area contributed by atoms with Gasteiger partial charge < -0.3 is 5.32 Å². The van der Waals surface area contributed by atoms with Crippen molar-refractivity contribution in [1.29, 1.82) is 0 Å². The number of aromatic nitrogens is 2. The molecule has 106 valence electrons. The maximum atomic E-state index is 12.5. The van der Waals surface area contributed by atoms with E-state index in [0.29, 0.717) is 0 Å². The number of hydrogen-bond acceptors (Lipinski definition) is 3. The summed E-state index contributed by atoms with van der Waals surface area (Å²) in [6.07, 6.45) is 6.18. The summed E-state index contributed by atoms with van der Waals surface area (Å²) < 4.78 is 1.72. The number of hydrogen-bond donors (Lipinski definition) is 1. The van der Waals surface area contributed by atoms with Crippen LogP contribution in [0, 0.1) is 6.92 Å². The van der Waals surface area contributed by atoms with Crippen LogP contribution in [0.3, 0.4) is 0 Å². The van der Waals surface area contributed by atoms with Crippen molar-refractivity contribution in [3.8, 4) is 0 Å². The van der Waals surface area contributed by atoms with Crippen molar-refractivity contribution in [1.82, 2.24) is 14.7 Å². The number of rotatable bonds is 4. The first kappa shape index (κ1) is 14.1. The first-order valence-electron chi connectivity index (χ1n) is 7.17. The number of anilines is 1. The largest absolute Gasteiger partial charge is 0.309 e. The zero-order valence-electron chi connectivity index (χ0n) is 12.1. The Labute approximate surface area is 115 Å². The van der Waals surface area contributed by atoms with Crippen LogP contribution in [0.2, 0.25) is 0 Å². The Kier molecular flexibility index (Phi) is 4.58. The van der Waals surface area contributed by atoms with Crippen molar-refractivity contribution in [3.63, 3.8) is 0 Å². The van der Waals surface area contributed by atoms with Crippen molar-refractivity contribution in [2.75, 3.05) is 18.4 Å². The van der Waals surface area contributed by atoms with E-state index in [1.165, 1.54) is 6.42 Å². The standard InChI is InChI=1S/C14H24N4O/c1-4-8-18-9-6-5-7-12(18)14(19)16-13-11(2)10-15-17(13)3/h10,12H,4-9H2,1-3H3,(H,16,19)/t12-/m0/s1. The lowest BCUT2D eigenvalue weighted by atomic mass is 10.0. The highest BCUT2D eigenvalue weighted by Crippen LogP contribution is 2.20. The molecule has 1 saturated heterocycles. The molecular weight excluding hydrogens is 240 g/mol. The lowest BCUT2D eigenvalue weighted by Crippen LogP contribution is -2.47. The van der Waals surface area contributed by atoms with Crippen molar-refractivity contribution in [3.05, 3.63) is 11.8 Å². The molecule has 0 unspecified atom stereocenters. The van der Waals surface area contributed by atoms with Crippen LogP contribution in [0.25, 0.3) is 0 Å². The lowest BCUT2D eigenvalue weighted by Gasteiger charge is -2.34. The van der Waals surface area contributed by atoms with Crippen LogP contribution in [-0.2, 0) is 11.8 Å². The second kappa shape index (κ2) is 6.19. The van der Waals surface area contributed by atoms with Gasteiger partial charge in [-0.1, -0.05) is 13.3 Å². The van der Waals surface area contributed by atoms with Crippen LogP contribution in [-0.4, -0.2) is 39.7 Å². The number of nitrogens with zero attached hydrogens (tertiary/aromatic N) is 3. The van der Waals surface area contributed by atoms with E-state index in [9.17, 15) is 4.79 Å². The Hall–Kier alpha value is -1.36. The molecule has 5 heteroatoms. The van der Waals surface area contributed by atoms with E-state index in [4.69, 9.17) is 0 Å². The van der Waals surface area contributed by atoms with Gasteiger partial charge >= 0.3 is 0 Å². The molecule has 1 fully saturated rings. The number of nitrogens with one attached hydrogen (secondary N) is 1. The fraction of sp³-hybridized carbons (Fsp3) is 0.714. The van der Waals surface area contributed by atoms with E-state index >= 15 is 0 Å². The van der Waals surface area contributed by atoms with Crippen LogP contribution >= 0.6 is 0 Å². The molecule has 1 amide bonds. The summed E-state index contributed by atoms with van der Waals surface area (Å²) in [6.45, 7) is 6.17. The molecule has 2 heterocycles. The average Bonchev–Trinajstić information content (AvgIpc) is 2.71. The van der Waals surface area contributed by atoms with E-state index < -0.39 is 0 Å². The highest BCUT2D eigenvalue weighted by atomic mass is 16.2. The highest BCUT2D eigenvalue weighted by molar-refractivity contribution is 5.94. The lowest BCUT2D eigenvalue weighted by molar-refractivity contribution is -0.122. The fourth-order valence-electron chi connectivity index (χ4n) is 2.77. The van der Waals surface area contributed by atoms with Gasteiger partial charge in [0.25, 0.3) is 0 Å². The second-order valence-electron chi connectivity index (χ2n) is 5.34. The Morgan fingerprint density at radius 2 is 2.32 bits per heavy atom. The third-order valence-corrected chi connectivity index (χ3v) is 3.79. The topological polar surface area (TPSA) is 50.2 Å². The molecule has 5 nitrogen and oxygen atoms in total. The monoisotopic (exact) mass is 264 g/mol. The molecule has 0 aromatic carbocycles. The molecule has 0 aliphatic carbocycles. The first-order valence-corrected chi connectivity index (χ1v) is 7.17. The first-order chi connectivity index (χ1) is 9.13. The van der Waals surface area contributed by atoms with E-state index in [1.807, 2.05) is 14.0 Å². The van der Waals surface area contributed by atoms with Crippen LogP contribution in [0.5, 0.6) is 0 Å². The Bertz CT molecular complexity index is 419.